The highest BCUT2D eigenvalue weighted by Gasteiger charge is 2.23. The average Bonchev–Trinajstić information content (AvgIpc) is 3.20. The molecule has 0 atom stereocenters. The van der Waals surface area contributed by atoms with Crippen LogP contribution in [0.15, 0.2) is 42.5 Å². The summed E-state index contributed by atoms with van der Waals surface area (Å²) in [7, 11) is 0. The summed E-state index contributed by atoms with van der Waals surface area (Å²) in [6.45, 7) is 4.79. The molecule has 2 heterocycles. The number of nitrogens with one attached hydrogen (secondary N) is 1. The Hall–Kier alpha value is -3.40. The molecule has 0 unspecified atom stereocenters. The SMILES string of the molecule is Cc1ccccc1NC(=O)N1CCN(Cc2nnnn2-c2ccc(F)c(F)c2)CC1. The largest absolute Gasteiger partial charge is 0.322 e. The Morgan fingerprint density at radius 3 is 2.57 bits per heavy atom. The smallest absolute Gasteiger partial charge is 0.321 e. The number of hydrogen-bond acceptors (Lipinski definition) is 5. The van der Waals surface area contributed by atoms with Gasteiger partial charge in [0, 0.05) is 37.9 Å². The maximum absolute atomic E-state index is 13.6. The average molecular weight is 413 g/mol. The van der Waals surface area contributed by atoms with E-state index < -0.39 is 11.6 Å². The summed E-state index contributed by atoms with van der Waals surface area (Å²) in [5, 5.41) is 14.5. The molecule has 1 aromatic heterocycles. The van der Waals surface area contributed by atoms with Gasteiger partial charge >= 0.3 is 6.03 Å². The molecule has 1 saturated heterocycles. The molecular formula is C20H21F2N7O. The van der Waals surface area contributed by atoms with Crippen LogP contribution in [-0.4, -0.2) is 62.2 Å². The summed E-state index contributed by atoms with van der Waals surface area (Å²) >= 11 is 0. The molecule has 1 fully saturated rings. The van der Waals surface area contributed by atoms with Gasteiger partial charge in [0.1, 0.15) is 0 Å². The molecule has 0 radical (unpaired) electrons. The van der Waals surface area contributed by atoms with Crippen LogP contribution in [0.1, 0.15) is 11.4 Å². The first kappa shape index (κ1) is 19.9. The molecule has 0 saturated carbocycles. The minimum atomic E-state index is -0.956. The minimum Gasteiger partial charge on any atom is -0.322 e. The lowest BCUT2D eigenvalue weighted by Gasteiger charge is -2.34. The van der Waals surface area contributed by atoms with Crippen molar-refractivity contribution in [1.82, 2.24) is 30.0 Å². The van der Waals surface area contributed by atoms with Crippen LogP contribution in [0.3, 0.4) is 0 Å². The van der Waals surface area contributed by atoms with Gasteiger partial charge in [-0.3, -0.25) is 4.90 Å². The number of amides is 2. The molecule has 0 aliphatic carbocycles. The number of halogens is 2. The van der Waals surface area contributed by atoms with Crippen molar-refractivity contribution in [1.29, 1.82) is 0 Å². The Labute approximate surface area is 172 Å². The van der Waals surface area contributed by atoms with Gasteiger partial charge in [0.05, 0.1) is 12.2 Å². The summed E-state index contributed by atoms with van der Waals surface area (Å²) in [6.07, 6.45) is 0. The number of aryl methyl sites for hydroxylation is 1. The Bertz CT molecular complexity index is 1050. The standard InChI is InChI=1S/C20H21F2N7O/c1-14-4-2-3-5-18(14)23-20(30)28-10-8-27(9-11-28)13-19-24-25-26-29(19)15-6-7-16(21)17(22)12-15/h2-7,12H,8-11,13H2,1H3,(H,23,30). The van der Waals surface area contributed by atoms with Gasteiger partial charge in [-0.1, -0.05) is 18.2 Å². The third-order valence-corrected chi connectivity index (χ3v) is 5.09. The fourth-order valence-corrected chi connectivity index (χ4v) is 3.34. The first-order chi connectivity index (χ1) is 14.5. The molecule has 1 N–H and O–H groups in total. The van der Waals surface area contributed by atoms with E-state index in [2.05, 4.69) is 25.7 Å². The number of tetrazole rings is 1. The predicted octanol–water partition coefficient (Wildman–Crippen LogP) is 2.60. The van der Waals surface area contributed by atoms with Crippen LogP contribution in [0.25, 0.3) is 5.69 Å². The van der Waals surface area contributed by atoms with Crippen LogP contribution < -0.4 is 5.32 Å². The summed E-state index contributed by atoms with van der Waals surface area (Å²) < 4.78 is 28.1. The zero-order valence-corrected chi connectivity index (χ0v) is 16.4. The van der Waals surface area contributed by atoms with Gasteiger partial charge in [0.15, 0.2) is 17.5 Å². The maximum Gasteiger partial charge on any atom is 0.321 e. The Kier molecular flexibility index (Phi) is 5.66. The molecule has 156 valence electrons. The van der Waals surface area contributed by atoms with E-state index in [0.29, 0.717) is 44.2 Å². The van der Waals surface area contributed by atoms with Crippen LogP contribution in [0.4, 0.5) is 19.3 Å². The van der Waals surface area contributed by atoms with Crippen LogP contribution in [0.5, 0.6) is 0 Å². The van der Waals surface area contributed by atoms with E-state index in [1.807, 2.05) is 31.2 Å². The maximum atomic E-state index is 13.6. The monoisotopic (exact) mass is 413 g/mol. The third-order valence-electron chi connectivity index (χ3n) is 5.09. The second kappa shape index (κ2) is 8.54. The molecule has 2 amide bonds. The van der Waals surface area contributed by atoms with E-state index in [9.17, 15) is 13.6 Å². The number of para-hydroxylation sites is 1. The van der Waals surface area contributed by atoms with E-state index >= 15 is 0 Å². The number of anilines is 1. The predicted molar refractivity (Wildman–Crippen MR) is 106 cm³/mol. The van der Waals surface area contributed by atoms with Crippen molar-refractivity contribution < 1.29 is 13.6 Å². The van der Waals surface area contributed by atoms with Crippen molar-refractivity contribution in [2.45, 2.75) is 13.5 Å². The van der Waals surface area contributed by atoms with E-state index in [1.54, 1.807) is 4.90 Å². The number of piperazine rings is 1. The van der Waals surface area contributed by atoms with E-state index in [0.717, 1.165) is 23.4 Å². The number of hydrogen-bond donors (Lipinski definition) is 1. The normalized spacial score (nSPS) is 14.7. The molecule has 1 aliphatic rings. The number of benzene rings is 2. The summed E-state index contributed by atoms with van der Waals surface area (Å²) in [5.41, 5.74) is 2.16. The molecule has 8 nitrogen and oxygen atoms in total. The summed E-state index contributed by atoms with van der Waals surface area (Å²) in [5.74, 6) is -1.37. The zero-order chi connectivity index (χ0) is 21.1. The Morgan fingerprint density at radius 1 is 1.07 bits per heavy atom. The van der Waals surface area contributed by atoms with Gasteiger partial charge in [-0.05, 0) is 41.1 Å². The molecule has 10 heteroatoms. The topological polar surface area (TPSA) is 79.2 Å². The fraction of sp³-hybridized carbons (Fsp3) is 0.300. The second-order valence-corrected chi connectivity index (χ2v) is 7.11. The van der Waals surface area contributed by atoms with Crippen LogP contribution in [-0.2, 0) is 6.54 Å². The molecule has 0 bridgehead atoms. The quantitative estimate of drug-likeness (QED) is 0.711. The third kappa shape index (κ3) is 4.28. The van der Waals surface area contributed by atoms with Crippen molar-refractivity contribution in [2.75, 3.05) is 31.5 Å². The van der Waals surface area contributed by atoms with Crippen LogP contribution in [0.2, 0.25) is 0 Å². The summed E-state index contributed by atoms with van der Waals surface area (Å²) in [6, 6.07) is 11.0. The van der Waals surface area contributed by atoms with E-state index in [-0.39, 0.29) is 6.03 Å². The van der Waals surface area contributed by atoms with Crippen molar-refractivity contribution in [2.24, 2.45) is 0 Å². The van der Waals surface area contributed by atoms with Crippen molar-refractivity contribution in [3.05, 3.63) is 65.5 Å². The van der Waals surface area contributed by atoms with Crippen molar-refractivity contribution in [3.63, 3.8) is 0 Å². The Balaban J connectivity index is 1.36. The van der Waals surface area contributed by atoms with Crippen molar-refractivity contribution >= 4 is 11.7 Å². The number of carbonyl (C=O) groups is 1. The number of carbonyl (C=O) groups excluding carboxylic acids is 1. The van der Waals surface area contributed by atoms with E-state index in [4.69, 9.17) is 0 Å². The number of nitrogens with zero attached hydrogens (tertiary/aromatic N) is 6. The molecular weight excluding hydrogens is 392 g/mol. The number of urea groups is 1. The first-order valence-electron chi connectivity index (χ1n) is 9.58. The molecule has 2 aromatic carbocycles. The van der Waals surface area contributed by atoms with Crippen molar-refractivity contribution in [3.8, 4) is 5.69 Å². The van der Waals surface area contributed by atoms with Gasteiger partial charge < -0.3 is 10.2 Å². The number of rotatable bonds is 4. The lowest BCUT2D eigenvalue weighted by Crippen LogP contribution is -2.49. The Morgan fingerprint density at radius 2 is 1.83 bits per heavy atom. The van der Waals surface area contributed by atoms with Gasteiger partial charge in [0.2, 0.25) is 0 Å². The number of aromatic nitrogens is 4. The van der Waals surface area contributed by atoms with E-state index in [1.165, 1.54) is 10.7 Å². The molecule has 4 rings (SSSR count). The van der Waals surface area contributed by atoms with Gasteiger partial charge in [-0.2, -0.15) is 4.68 Å². The minimum absolute atomic E-state index is 0.129. The zero-order valence-electron chi connectivity index (χ0n) is 16.4. The van der Waals surface area contributed by atoms with Crippen LogP contribution >= 0.6 is 0 Å². The molecule has 30 heavy (non-hydrogen) atoms. The fourth-order valence-electron chi connectivity index (χ4n) is 3.34. The molecule has 1 aliphatic heterocycles. The lowest BCUT2D eigenvalue weighted by atomic mass is 10.2. The second-order valence-electron chi connectivity index (χ2n) is 7.11. The highest BCUT2D eigenvalue weighted by atomic mass is 19.2. The van der Waals surface area contributed by atoms with Gasteiger partial charge in [0.25, 0.3) is 0 Å². The molecule has 3 aromatic rings. The lowest BCUT2D eigenvalue weighted by molar-refractivity contribution is 0.140. The van der Waals surface area contributed by atoms with Gasteiger partial charge in [-0.25, -0.2) is 13.6 Å². The van der Waals surface area contributed by atoms with Crippen LogP contribution in [0, 0.1) is 18.6 Å². The van der Waals surface area contributed by atoms with Gasteiger partial charge in [-0.15, -0.1) is 5.10 Å². The molecule has 0 spiro atoms. The highest BCUT2D eigenvalue weighted by Crippen LogP contribution is 2.16. The first-order valence-corrected chi connectivity index (χ1v) is 9.58. The highest BCUT2D eigenvalue weighted by molar-refractivity contribution is 5.90. The summed E-state index contributed by atoms with van der Waals surface area (Å²) in [4.78, 5) is 16.4.